The van der Waals surface area contributed by atoms with Crippen LogP contribution in [0.25, 0.3) is 0 Å². The summed E-state index contributed by atoms with van der Waals surface area (Å²) in [6, 6.07) is 3.94. The fourth-order valence-electron chi connectivity index (χ4n) is 2.34. The van der Waals surface area contributed by atoms with Crippen molar-refractivity contribution in [1.82, 2.24) is 4.98 Å². The Morgan fingerprint density at radius 1 is 1.35 bits per heavy atom. The van der Waals surface area contributed by atoms with Crippen LogP contribution in [0.15, 0.2) is 12.1 Å². The SMILES string of the molecule is CCc1nc(C)ccc1O[C@@H]1CCCC[C@H]1O. The fraction of sp³-hybridized carbons (Fsp3) is 0.643. The van der Waals surface area contributed by atoms with E-state index in [0.29, 0.717) is 0 Å². The topological polar surface area (TPSA) is 42.4 Å². The van der Waals surface area contributed by atoms with Crippen molar-refractivity contribution < 1.29 is 9.84 Å². The van der Waals surface area contributed by atoms with E-state index >= 15 is 0 Å². The summed E-state index contributed by atoms with van der Waals surface area (Å²) < 4.78 is 5.93. The van der Waals surface area contributed by atoms with Crippen molar-refractivity contribution in [3.8, 4) is 5.75 Å². The third kappa shape index (κ3) is 2.97. The summed E-state index contributed by atoms with van der Waals surface area (Å²) >= 11 is 0. The van der Waals surface area contributed by atoms with E-state index in [0.717, 1.165) is 49.2 Å². The Balaban J connectivity index is 2.11. The molecule has 0 bridgehead atoms. The lowest BCUT2D eigenvalue weighted by Crippen LogP contribution is -2.34. The molecular formula is C14H21NO2. The predicted molar refractivity (Wildman–Crippen MR) is 67.2 cm³/mol. The quantitative estimate of drug-likeness (QED) is 0.875. The number of hydrogen-bond acceptors (Lipinski definition) is 3. The number of aromatic nitrogens is 1. The molecule has 17 heavy (non-hydrogen) atoms. The second-order valence-electron chi connectivity index (χ2n) is 4.76. The summed E-state index contributed by atoms with van der Waals surface area (Å²) in [5.41, 5.74) is 2.00. The number of aliphatic hydroxyl groups excluding tert-OH is 1. The van der Waals surface area contributed by atoms with Gasteiger partial charge < -0.3 is 9.84 Å². The molecule has 0 unspecified atom stereocenters. The van der Waals surface area contributed by atoms with E-state index in [1.165, 1.54) is 0 Å². The van der Waals surface area contributed by atoms with Gasteiger partial charge in [0.05, 0.1) is 11.8 Å². The van der Waals surface area contributed by atoms with Crippen molar-refractivity contribution in [3.63, 3.8) is 0 Å². The smallest absolute Gasteiger partial charge is 0.141 e. The van der Waals surface area contributed by atoms with Crippen LogP contribution >= 0.6 is 0 Å². The van der Waals surface area contributed by atoms with E-state index in [1.54, 1.807) is 0 Å². The van der Waals surface area contributed by atoms with Crippen LogP contribution in [0.3, 0.4) is 0 Å². The van der Waals surface area contributed by atoms with Crippen LogP contribution in [-0.2, 0) is 6.42 Å². The zero-order chi connectivity index (χ0) is 12.3. The van der Waals surface area contributed by atoms with Gasteiger partial charge in [-0.05, 0) is 44.7 Å². The van der Waals surface area contributed by atoms with Gasteiger partial charge in [0.25, 0.3) is 0 Å². The van der Waals surface area contributed by atoms with Crippen molar-refractivity contribution in [2.75, 3.05) is 0 Å². The molecule has 1 aromatic heterocycles. The summed E-state index contributed by atoms with van der Waals surface area (Å²) in [5.74, 6) is 0.837. The number of hydrogen-bond donors (Lipinski definition) is 1. The van der Waals surface area contributed by atoms with Crippen LogP contribution < -0.4 is 4.74 Å². The Hall–Kier alpha value is -1.09. The minimum atomic E-state index is -0.324. The molecule has 1 N–H and O–H groups in total. The molecule has 2 rings (SSSR count). The molecule has 3 heteroatoms. The van der Waals surface area contributed by atoms with E-state index in [2.05, 4.69) is 11.9 Å². The fourth-order valence-corrected chi connectivity index (χ4v) is 2.34. The normalized spacial score (nSPS) is 24.6. The minimum Gasteiger partial charge on any atom is -0.486 e. The molecule has 0 spiro atoms. The molecule has 0 aliphatic heterocycles. The molecule has 1 aromatic rings. The zero-order valence-electron chi connectivity index (χ0n) is 10.6. The molecule has 3 nitrogen and oxygen atoms in total. The van der Waals surface area contributed by atoms with Gasteiger partial charge in [-0.25, -0.2) is 0 Å². The Kier molecular flexibility index (Phi) is 4.00. The highest BCUT2D eigenvalue weighted by Gasteiger charge is 2.25. The second-order valence-corrected chi connectivity index (χ2v) is 4.76. The highest BCUT2D eigenvalue weighted by Crippen LogP contribution is 2.26. The molecule has 1 saturated carbocycles. The first-order chi connectivity index (χ1) is 8.20. The summed E-state index contributed by atoms with van der Waals surface area (Å²) in [6.45, 7) is 4.06. The third-order valence-corrected chi connectivity index (χ3v) is 3.35. The van der Waals surface area contributed by atoms with Crippen molar-refractivity contribution in [3.05, 3.63) is 23.5 Å². The molecule has 1 aliphatic carbocycles. The van der Waals surface area contributed by atoms with Crippen LogP contribution in [0.2, 0.25) is 0 Å². The molecular weight excluding hydrogens is 214 g/mol. The van der Waals surface area contributed by atoms with E-state index in [4.69, 9.17) is 4.74 Å². The minimum absolute atomic E-state index is 0.0569. The average Bonchev–Trinajstić information content (AvgIpc) is 2.34. The number of nitrogens with zero attached hydrogens (tertiary/aromatic N) is 1. The Bertz CT molecular complexity index is 378. The Morgan fingerprint density at radius 2 is 2.12 bits per heavy atom. The lowest BCUT2D eigenvalue weighted by Gasteiger charge is -2.28. The Labute approximate surface area is 103 Å². The summed E-state index contributed by atoms with van der Waals surface area (Å²) in [6.07, 6.45) is 4.52. The maximum absolute atomic E-state index is 9.90. The zero-order valence-corrected chi connectivity index (χ0v) is 10.6. The van der Waals surface area contributed by atoms with Gasteiger partial charge >= 0.3 is 0 Å². The first kappa shape index (κ1) is 12.4. The van der Waals surface area contributed by atoms with Gasteiger partial charge in [0.15, 0.2) is 0 Å². The van der Waals surface area contributed by atoms with Crippen molar-refractivity contribution in [1.29, 1.82) is 0 Å². The molecule has 0 saturated heterocycles. The first-order valence-corrected chi connectivity index (χ1v) is 6.52. The van der Waals surface area contributed by atoms with Gasteiger partial charge in [0, 0.05) is 5.69 Å². The molecule has 0 radical (unpaired) electrons. The van der Waals surface area contributed by atoms with Gasteiger partial charge in [0.2, 0.25) is 0 Å². The van der Waals surface area contributed by atoms with Crippen LogP contribution in [0.1, 0.15) is 44.0 Å². The van der Waals surface area contributed by atoms with E-state index in [9.17, 15) is 5.11 Å². The second kappa shape index (κ2) is 5.50. The Morgan fingerprint density at radius 3 is 2.82 bits per heavy atom. The van der Waals surface area contributed by atoms with Crippen LogP contribution in [-0.4, -0.2) is 22.3 Å². The van der Waals surface area contributed by atoms with Crippen LogP contribution in [0.5, 0.6) is 5.75 Å². The largest absolute Gasteiger partial charge is 0.486 e. The van der Waals surface area contributed by atoms with E-state index in [-0.39, 0.29) is 12.2 Å². The van der Waals surface area contributed by atoms with Gasteiger partial charge in [-0.3, -0.25) is 4.98 Å². The first-order valence-electron chi connectivity index (χ1n) is 6.52. The number of ether oxygens (including phenoxy) is 1. The lowest BCUT2D eigenvalue weighted by atomic mass is 9.95. The highest BCUT2D eigenvalue weighted by atomic mass is 16.5. The number of aliphatic hydroxyl groups is 1. The van der Waals surface area contributed by atoms with Crippen LogP contribution in [0, 0.1) is 6.92 Å². The van der Waals surface area contributed by atoms with Crippen LogP contribution in [0.4, 0.5) is 0 Å². The highest BCUT2D eigenvalue weighted by molar-refractivity contribution is 5.29. The molecule has 0 aromatic carbocycles. The summed E-state index contributed by atoms with van der Waals surface area (Å²) in [5, 5.41) is 9.90. The molecule has 1 heterocycles. The third-order valence-electron chi connectivity index (χ3n) is 3.35. The van der Waals surface area contributed by atoms with Gasteiger partial charge in [-0.1, -0.05) is 13.3 Å². The number of pyridine rings is 1. The maximum Gasteiger partial charge on any atom is 0.141 e. The van der Waals surface area contributed by atoms with Crippen molar-refractivity contribution in [2.45, 2.75) is 58.2 Å². The predicted octanol–water partition coefficient (Wildman–Crippen LogP) is 2.63. The number of rotatable bonds is 3. The molecule has 1 aliphatic rings. The van der Waals surface area contributed by atoms with Gasteiger partial charge in [-0.15, -0.1) is 0 Å². The van der Waals surface area contributed by atoms with E-state index < -0.39 is 0 Å². The van der Waals surface area contributed by atoms with Crippen molar-refractivity contribution in [2.24, 2.45) is 0 Å². The summed E-state index contributed by atoms with van der Waals surface area (Å²) in [4.78, 5) is 4.48. The van der Waals surface area contributed by atoms with Crippen molar-refractivity contribution >= 4 is 0 Å². The molecule has 0 amide bonds. The van der Waals surface area contributed by atoms with Gasteiger partial charge in [0.1, 0.15) is 11.9 Å². The average molecular weight is 235 g/mol. The van der Waals surface area contributed by atoms with Gasteiger partial charge in [-0.2, -0.15) is 0 Å². The standard InChI is InChI=1S/C14H21NO2/c1-3-11-13(9-8-10(2)15-11)17-14-7-5-4-6-12(14)16/h8-9,12,14,16H,3-7H2,1-2H3/t12-,14-/m1/s1. The number of aryl methyl sites for hydroxylation is 2. The molecule has 94 valence electrons. The molecule has 1 fully saturated rings. The maximum atomic E-state index is 9.90. The van der Waals surface area contributed by atoms with E-state index in [1.807, 2.05) is 19.1 Å². The summed E-state index contributed by atoms with van der Waals surface area (Å²) in [7, 11) is 0. The molecule has 2 atom stereocenters. The monoisotopic (exact) mass is 235 g/mol. The lowest BCUT2D eigenvalue weighted by molar-refractivity contribution is 0.00619.